The number of benzene rings is 2. The van der Waals surface area contributed by atoms with Crippen molar-refractivity contribution in [3.8, 4) is 11.5 Å². The molecule has 1 N–H and O–H groups in total. The van der Waals surface area contributed by atoms with Crippen LogP contribution in [0, 0.1) is 6.92 Å². The highest BCUT2D eigenvalue weighted by Crippen LogP contribution is 2.32. The summed E-state index contributed by atoms with van der Waals surface area (Å²) < 4.78 is 11.4. The lowest BCUT2D eigenvalue weighted by atomic mass is 10.1. The minimum Gasteiger partial charge on any atom is -0.454 e. The molecule has 0 bridgehead atoms. The second kappa shape index (κ2) is 6.23. The lowest BCUT2D eigenvalue weighted by Gasteiger charge is -2.04. The average molecular weight is 360 g/mol. The van der Waals surface area contributed by atoms with Crippen LogP contribution in [-0.2, 0) is 0 Å². The molecule has 5 heteroatoms. The van der Waals surface area contributed by atoms with Gasteiger partial charge in [-0.15, -0.1) is 0 Å². The second-order valence-corrected chi connectivity index (χ2v) is 5.75. The van der Waals surface area contributed by atoms with Crippen LogP contribution in [0.15, 0.2) is 53.1 Å². The number of aryl methyl sites for hydroxylation is 1. The number of ether oxygens (including phenoxy) is 2. The molecule has 0 radical (unpaired) electrons. The number of hydrogen-bond acceptors (Lipinski definition) is 4. The largest absolute Gasteiger partial charge is 0.454 e. The van der Waals surface area contributed by atoms with Crippen molar-refractivity contribution in [3.05, 3.63) is 64.3 Å². The van der Waals surface area contributed by atoms with Gasteiger partial charge in [0.25, 0.3) is 0 Å². The number of carbonyl (C=O) groups is 1. The van der Waals surface area contributed by atoms with Gasteiger partial charge in [0, 0.05) is 22.3 Å². The molecule has 0 saturated heterocycles. The monoisotopic (exact) mass is 359 g/mol. The van der Waals surface area contributed by atoms with E-state index in [-0.39, 0.29) is 12.6 Å². The molecule has 0 amide bonds. The van der Waals surface area contributed by atoms with Crippen LogP contribution < -0.4 is 14.8 Å². The molecular weight excluding hydrogens is 346 g/mol. The molecule has 3 rings (SSSR count). The molecule has 1 aliphatic heterocycles. The highest BCUT2D eigenvalue weighted by Gasteiger charge is 2.14. The van der Waals surface area contributed by atoms with E-state index < -0.39 is 0 Å². The summed E-state index contributed by atoms with van der Waals surface area (Å²) in [5.41, 5.74) is 2.63. The molecule has 0 aromatic heterocycles. The molecule has 0 spiro atoms. The molecule has 2 aromatic carbocycles. The molecule has 0 saturated carbocycles. The molecule has 2 aromatic rings. The molecule has 112 valence electrons. The normalized spacial score (nSPS) is 12.6. The third-order valence-corrected chi connectivity index (χ3v) is 3.91. The maximum Gasteiger partial charge on any atom is 0.231 e. The number of halogens is 1. The number of anilines is 1. The molecule has 22 heavy (non-hydrogen) atoms. The van der Waals surface area contributed by atoms with Gasteiger partial charge < -0.3 is 14.8 Å². The van der Waals surface area contributed by atoms with Crippen LogP contribution in [0.3, 0.4) is 0 Å². The Hall–Kier alpha value is -2.27. The van der Waals surface area contributed by atoms with Gasteiger partial charge in [0.05, 0.1) is 5.69 Å². The quantitative estimate of drug-likeness (QED) is 0.653. The zero-order chi connectivity index (χ0) is 15.5. The van der Waals surface area contributed by atoms with Gasteiger partial charge in [0.15, 0.2) is 17.3 Å². The smallest absolute Gasteiger partial charge is 0.231 e. The standard InChI is InChI=1S/C17H14BrNO3/c1-11-2-4-14(13(18)8-11)19-7-6-15(20)12-3-5-16-17(9-12)22-10-21-16/h2-9,19H,10H2,1H3. The van der Waals surface area contributed by atoms with Crippen molar-refractivity contribution in [1.82, 2.24) is 0 Å². The summed E-state index contributed by atoms with van der Waals surface area (Å²) >= 11 is 3.48. The summed E-state index contributed by atoms with van der Waals surface area (Å²) in [6, 6.07) is 11.1. The number of hydrogen-bond donors (Lipinski definition) is 1. The minimum absolute atomic E-state index is 0.103. The van der Waals surface area contributed by atoms with Crippen molar-refractivity contribution >= 4 is 27.4 Å². The van der Waals surface area contributed by atoms with Gasteiger partial charge in [-0.3, -0.25) is 4.79 Å². The fourth-order valence-corrected chi connectivity index (χ4v) is 2.70. The number of ketones is 1. The molecule has 0 atom stereocenters. The molecule has 1 heterocycles. The zero-order valence-corrected chi connectivity index (χ0v) is 13.5. The number of rotatable bonds is 4. The topological polar surface area (TPSA) is 47.6 Å². The maximum atomic E-state index is 12.1. The van der Waals surface area contributed by atoms with Crippen LogP contribution >= 0.6 is 15.9 Å². The van der Waals surface area contributed by atoms with Gasteiger partial charge in [-0.05, 0) is 58.7 Å². The molecule has 1 aliphatic rings. The highest BCUT2D eigenvalue weighted by molar-refractivity contribution is 9.10. The maximum absolute atomic E-state index is 12.1. The summed E-state index contributed by atoms with van der Waals surface area (Å²) in [5, 5.41) is 3.09. The summed E-state index contributed by atoms with van der Waals surface area (Å²) in [7, 11) is 0. The Morgan fingerprint density at radius 1 is 1.18 bits per heavy atom. The summed E-state index contributed by atoms with van der Waals surface area (Å²) in [6.45, 7) is 2.22. The van der Waals surface area contributed by atoms with Crippen molar-refractivity contribution in [2.24, 2.45) is 0 Å². The Kier molecular flexibility index (Phi) is 4.15. The predicted octanol–water partition coefficient (Wildman–Crippen LogP) is 4.29. The molecule has 0 unspecified atom stereocenters. The van der Waals surface area contributed by atoms with Crippen molar-refractivity contribution in [1.29, 1.82) is 0 Å². The van der Waals surface area contributed by atoms with E-state index in [1.165, 1.54) is 6.08 Å². The van der Waals surface area contributed by atoms with Gasteiger partial charge >= 0.3 is 0 Å². The number of nitrogens with one attached hydrogen (secondary N) is 1. The first kappa shape index (κ1) is 14.7. The molecule has 0 aliphatic carbocycles. The van der Waals surface area contributed by atoms with E-state index in [1.807, 2.05) is 25.1 Å². The van der Waals surface area contributed by atoms with E-state index in [9.17, 15) is 4.79 Å². The summed E-state index contributed by atoms with van der Waals surface area (Å²) in [6.07, 6.45) is 3.12. The van der Waals surface area contributed by atoms with Crippen molar-refractivity contribution in [3.63, 3.8) is 0 Å². The van der Waals surface area contributed by atoms with Crippen LogP contribution in [0.5, 0.6) is 11.5 Å². The molecule has 4 nitrogen and oxygen atoms in total. The van der Waals surface area contributed by atoms with E-state index in [1.54, 1.807) is 24.4 Å². The Morgan fingerprint density at radius 2 is 2.00 bits per heavy atom. The summed E-state index contributed by atoms with van der Waals surface area (Å²) in [4.78, 5) is 12.1. The predicted molar refractivity (Wildman–Crippen MR) is 88.5 cm³/mol. The number of allylic oxidation sites excluding steroid dienone is 1. The minimum atomic E-state index is -0.103. The molecular formula is C17H14BrNO3. The zero-order valence-electron chi connectivity index (χ0n) is 11.9. The first-order valence-corrected chi connectivity index (χ1v) is 7.56. The second-order valence-electron chi connectivity index (χ2n) is 4.89. The fourth-order valence-electron chi connectivity index (χ4n) is 2.09. The van der Waals surface area contributed by atoms with Crippen molar-refractivity contribution < 1.29 is 14.3 Å². The SMILES string of the molecule is Cc1ccc(NC=CC(=O)c2ccc3c(c2)OCO3)c(Br)c1. The fraction of sp³-hybridized carbons (Fsp3) is 0.118. The van der Waals surface area contributed by atoms with E-state index in [4.69, 9.17) is 9.47 Å². The van der Waals surface area contributed by atoms with Crippen molar-refractivity contribution in [2.45, 2.75) is 6.92 Å². The number of carbonyl (C=O) groups excluding carboxylic acids is 1. The Bertz CT molecular complexity index is 756. The molecule has 0 fully saturated rings. The van der Waals surface area contributed by atoms with E-state index >= 15 is 0 Å². The van der Waals surface area contributed by atoms with Crippen molar-refractivity contribution in [2.75, 3.05) is 12.1 Å². The van der Waals surface area contributed by atoms with Gasteiger partial charge in [-0.1, -0.05) is 6.07 Å². The number of fused-ring (bicyclic) bond motifs is 1. The van der Waals surface area contributed by atoms with Gasteiger partial charge in [0.2, 0.25) is 6.79 Å². The van der Waals surface area contributed by atoms with Crippen LogP contribution in [0.2, 0.25) is 0 Å². The Morgan fingerprint density at radius 3 is 2.82 bits per heavy atom. The van der Waals surface area contributed by atoms with E-state index in [0.29, 0.717) is 17.1 Å². The lowest BCUT2D eigenvalue weighted by molar-refractivity contribution is 0.104. The average Bonchev–Trinajstić information content (AvgIpc) is 2.96. The Balaban J connectivity index is 1.68. The van der Waals surface area contributed by atoms with Crippen LogP contribution in [-0.4, -0.2) is 12.6 Å². The lowest BCUT2D eigenvalue weighted by Crippen LogP contribution is -1.97. The first-order valence-electron chi connectivity index (χ1n) is 6.77. The van der Waals surface area contributed by atoms with E-state index in [0.717, 1.165) is 15.7 Å². The van der Waals surface area contributed by atoms with E-state index in [2.05, 4.69) is 21.2 Å². The third-order valence-electron chi connectivity index (χ3n) is 3.26. The van der Waals surface area contributed by atoms with Gasteiger partial charge in [0.1, 0.15) is 0 Å². The summed E-state index contributed by atoms with van der Waals surface area (Å²) in [5.74, 6) is 1.17. The Labute approximate surface area is 136 Å². The van der Waals surface area contributed by atoms with Gasteiger partial charge in [-0.25, -0.2) is 0 Å². The van der Waals surface area contributed by atoms with Crippen LogP contribution in [0.1, 0.15) is 15.9 Å². The van der Waals surface area contributed by atoms with Gasteiger partial charge in [-0.2, -0.15) is 0 Å². The van der Waals surface area contributed by atoms with Crippen LogP contribution in [0.4, 0.5) is 5.69 Å². The van der Waals surface area contributed by atoms with Crippen LogP contribution in [0.25, 0.3) is 0 Å². The highest BCUT2D eigenvalue weighted by atomic mass is 79.9. The first-order chi connectivity index (χ1) is 10.6. The third kappa shape index (κ3) is 3.14.